The number of likely N-dealkylation sites (tertiary alicyclic amines) is 1. The second-order valence-electron chi connectivity index (χ2n) is 5.23. The van der Waals surface area contributed by atoms with Crippen LogP contribution in [0.1, 0.15) is 25.0 Å². The number of carbonyl (C=O) groups is 1. The van der Waals surface area contributed by atoms with Crippen LogP contribution in [0, 0.1) is 0 Å². The minimum absolute atomic E-state index is 0.167. The first kappa shape index (κ1) is 15.8. The fraction of sp³-hybridized carbons (Fsp3) is 0.571. The Morgan fingerprint density at radius 2 is 2.05 bits per heavy atom. The highest BCUT2D eigenvalue weighted by Crippen LogP contribution is 2.20. The number of nitrogens with zero attached hydrogens (tertiary/aromatic N) is 2. The fourth-order valence-electron chi connectivity index (χ4n) is 2.42. The molecule has 1 fully saturated rings. The van der Waals surface area contributed by atoms with Gasteiger partial charge in [0, 0.05) is 31.9 Å². The number of hydrogen-bond donors (Lipinski definition) is 1. The van der Waals surface area contributed by atoms with Crippen LogP contribution in [0.3, 0.4) is 0 Å². The van der Waals surface area contributed by atoms with E-state index in [1.165, 1.54) is 0 Å². The third kappa shape index (κ3) is 5.71. The lowest BCUT2D eigenvalue weighted by atomic mass is 10.0. The summed E-state index contributed by atoms with van der Waals surface area (Å²) in [6, 6.07) is 5.55. The number of hydrogen-bond acceptors (Lipinski definition) is 3. The molecule has 1 aliphatic rings. The normalized spacial score (nSPS) is 17.7. The number of carbonyl (C=O) groups excluding carboxylic acids is 1. The lowest BCUT2D eigenvalue weighted by Gasteiger charge is -2.32. The monoisotopic (exact) mass is 301 g/mol. The number of rotatable bonds is 4. The van der Waals surface area contributed by atoms with E-state index < -0.39 is 18.5 Å². The van der Waals surface area contributed by atoms with Crippen LogP contribution in [0.2, 0.25) is 0 Å². The summed E-state index contributed by atoms with van der Waals surface area (Å²) in [6.45, 7) is 2.21. The van der Waals surface area contributed by atoms with Crippen molar-refractivity contribution in [2.45, 2.75) is 38.0 Å². The van der Waals surface area contributed by atoms with Crippen LogP contribution in [0.4, 0.5) is 13.2 Å². The molecule has 0 aliphatic carbocycles. The molecule has 4 nitrogen and oxygen atoms in total. The topological polar surface area (TPSA) is 45.2 Å². The molecule has 0 unspecified atom stereocenters. The Labute approximate surface area is 121 Å². The number of halogens is 3. The zero-order valence-electron chi connectivity index (χ0n) is 11.6. The quantitative estimate of drug-likeness (QED) is 0.926. The molecule has 1 amide bonds. The Hall–Kier alpha value is -1.63. The van der Waals surface area contributed by atoms with Gasteiger partial charge in [0.2, 0.25) is 5.91 Å². The highest BCUT2D eigenvalue weighted by atomic mass is 19.4. The van der Waals surface area contributed by atoms with Crippen molar-refractivity contribution in [2.24, 2.45) is 0 Å². The summed E-state index contributed by atoms with van der Waals surface area (Å²) in [7, 11) is 0. The van der Waals surface area contributed by atoms with Gasteiger partial charge in [-0.25, -0.2) is 0 Å². The molecule has 1 aliphatic heterocycles. The first-order chi connectivity index (χ1) is 9.92. The van der Waals surface area contributed by atoms with Gasteiger partial charge >= 0.3 is 6.18 Å². The van der Waals surface area contributed by atoms with Gasteiger partial charge in [0.25, 0.3) is 0 Å². The molecule has 116 valence electrons. The van der Waals surface area contributed by atoms with Crippen molar-refractivity contribution in [1.29, 1.82) is 0 Å². The molecule has 1 aromatic heterocycles. The lowest BCUT2D eigenvalue weighted by molar-refractivity contribution is -0.154. The Morgan fingerprint density at radius 1 is 1.33 bits per heavy atom. The number of pyridine rings is 1. The molecule has 21 heavy (non-hydrogen) atoms. The van der Waals surface area contributed by atoms with Crippen LogP contribution < -0.4 is 5.32 Å². The van der Waals surface area contributed by atoms with E-state index in [0.717, 1.165) is 25.3 Å². The Kier molecular flexibility index (Phi) is 5.17. The average molecular weight is 301 g/mol. The van der Waals surface area contributed by atoms with Crippen molar-refractivity contribution >= 4 is 5.91 Å². The average Bonchev–Trinajstić information content (AvgIpc) is 2.40. The Balaban J connectivity index is 1.72. The fourth-order valence-corrected chi connectivity index (χ4v) is 2.42. The molecule has 0 saturated carbocycles. The molecule has 0 radical (unpaired) electrons. The second-order valence-corrected chi connectivity index (χ2v) is 5.23. The van der Waals surface area contributed by atoms with Gasteiger partial charge in [-0.2, -0.15) is 13.2 Å². The van der Waals surface area contributed by atoms with Crippen LogP contribution in [0.5, 0.6) is 0 Å². The number of amides is 1. The number of aromatic nitrogens is 1. The third-order valence-corrected chi connectivity index (χ3v) is 3.43. The van der Waals surface area contributed by atoms with Gasteiger partial charge in [0.05, 0.1) is 5.69 Å². The molecule has 2 rings (SSSR count). The molecular weight excluding hydrogens is 283 g/mol. The van der Waals surface area contributed by atoms with E-state index in [1.807, 2.05) is 18.2 Å². The van der Waals surface area contributed by atoms with Crippen molar-refractivity contribution in [3.8, 4) is 0 Å². The van der Waals surface area contributed by atoms with Crippen molar-refractivity contribution in [3.63, 3.8) is 0 Å². The largest absolute Gasteiger partial charge is 0.397 e. The molecule has 1 N–H and O–H groups in total. The Morgan fingerprint density at radius 3 is 2.62 bits per heavy atom. The standard InChI is InChI=1S/C14H18F3N3O/c15-14(16,17)9-13(21)19-11-4-7-20(8-5-11)10-12-3-1-2-6-18-12/h1-3,6,11H,4-5,7-10H2,(H,19,21). The summed E-state index contributed by atoms with van der Waals surface area (Å²) in [5.41, 5.74) is 0.969. The van der Waals surface area contributed by atoms with Gasteiger partial charge in [-0.15, -0.1) is 0 Å². The highest BCUT2D eigenvalue weighted by molar-refractivity contribution is 5.76. The van der Waals surface area contributed by atoms with E-state index in [1.54, 1.807) is 6.20 Å². The first-order valence-corrected chi connectivity index (χ1v) is 6.91. The molecule has 7 heteroatoms. The van der Waals surface area contributed by atoms with Gasteiger partial charge in [-0.1, -0.05) is 6.07 Å². The van der Waals surface area contributed by atoms with Gasteiger partial charge in [0.1, 0.15) is 6.42 Å². The van der Waals surface area contributed by atoms with Crippen LogP contribution in [0.15, 0.2) is 24.4 Å². The molecule has 0 bridgehead atoms. The van der Waals surface area contributed by atoms with E-state index in [9.17, 15) is 18.0 Å². The lowest BCUT2D eigenvalue weighted by Crippen LogP contribution is -2.45. The van der Waals surface area contributed by atoms with E-state index in [2.05, 4.69) is 15.2 Å². The molecule has 0 aromatic carbocycles. The van der Waals surface area contributed by atoms with Crippen molar-refractivity contribution in [1.82, 2.24) is 15.2 Å². The van der Waals surface area contributed by atoms with Crippen LogP contribution in [0.25, 0.3) is 0 Å². The van der Waals surface area contributed by atoms with Gasteiger partial charge in [0.15, 0.2) is 0 Å². The van der Waals surface area contributed by atoms with E-state index >= 15 is 0 Å². The van der Waals surface area contributed by atoms with Gasteiger partial charge in [-0.3, -0.25) is 14.7 Å². The minimum Gasteiger partial charge on any atom is -0.353 e. The van der Waals surface area contributed by atoms with Crippen LogP contribution in [-0.4, -0.2) is 41.1 Å². The zero-order valence-corrected chi connectivity index (χ0v) is 11.6. The summed E-state index contributed by atoms with van der Waals surface area (Å²) in [4.78, 5) is 17.7. The summed E-state index contributed by atoms with van der Waals surface area (Å²) in [6.07, 6.45) is -2.78. The number of alkyl halides is 3. The number of piperidine rings is 1. The van der Waals surface area contributed by atoms with Crippen LogP contribution in [-0.2, 0) is 11.3 Å². The Bertz CT molecular complexity index is 456. The SMILES string of the molecule is O=C(CC(F)(F)F)NC1CCN(Cc2ccccn2)CC1. The maximum absolute atomic E-state index is 12.1. The number of nitrogens with one attached hydrogen (secondary N) is 1. The highest BCUT2D eigenvalue weighted by Gasteiger charge is 2.32. The molecular formula is C14H18F3N3O. The van der Waals surface area contributed by atoms with Gasteiger partial charge in [-0.05, 0) is 25.0 Å². The van der Waals surface area contributed by atoms with Gasteiger partial charge < -0.3 is 5.32 Å². The minimum atomic E-state index is -4.44. The van der Waals surface area contributed by atoms with Crippen molar-refractivity contribution in [2.75, 3.05) is 13.1 Å². The predicted octanol–water partition coefficient (Wildman–Crippen LogP) is 2.11. The first-order valence-electron chi connectivity index (χ1n) is 6.91. The van der Waals surface area contributed by atoms with Crippen molar-refractivity contribution in [3.05, 3.63) is 30.1 Å². The zero-order chi connectivity index (χ0) is 15.3. The maximum atomic E-state index is 12.1. The van der Waals surface area contributed by atoms with Crippen molar-refractivity contribution < 1.29 is 18.0 Å². The maximum Gasteiger partial charge on any atom is 0.397 e. The van der Waals surface area contributed by atoms with E-state index in [0.29, 0.717) is 12.8 Å². The second kappa shape index (κ2) is 6.89. The molecule has 1 aromatic rings. The molecule has 0 spiro atoms. The molecule has 1 saturated heterocycles. The predicted molar refractivity (Wildman–Crippen MR) is 71.4 cm³/mol. The summed E-state index contributed by atoms with van der Waals surface area (Å²) >= 11 is 0. The summed E-state index contributed by atoms with van der Waals surface area (Å²) < 4.78 is 36.3. The molecule has 2 heterocycles. The smallest absolute Gasteiger partial charge is 0.353 e. The van der Waals surface area contributed by atoms with E-state index in [-0.39, 0.29) is 6.04 Å². The van der Waals surface area contributed by atoms with E-state index in [4.69, 9.17) is 0 Å². The van der Waals surface area contributed by atoms with Crippen LogP contribution >= 0.6 is 0 Å². The molecule has 0 atom stereocenters. The third-order valence-electron chi connectivity index (χ3n) is 3.43. The summed E-state index contributed by atoms with van der Waals surface area (Å²) in [5, 5.41) is 2.46. The summed E-state index contributed by atoms with van der Waals surface area (Å²) in [5.74, 6) is -0.939.